The molecule has 0 bridgehead atoms. The first-order valence-corrected chi connectivity index (χ1v) is 11.5. The first-order chi connectivity index (χ1) is 15.7. The number of methoxy groups -OCH3 is 1. The Kier molecular flexibility index (Phi) is 7.75. The lowest BCUT2D eigenvalue weighted by atomic mass is 10.0. The third-order valence-corrected chi connectivity index (χ3v) is 6.09. The van der Waals surface area contributed by atoms with Crippen LogP contribution in [0.1, 0.15) is 67.6 Å². The molecule has 0 aliphatic carbocycles. The number of nitrogens with zero attached hydrogens (tertiary/aromatic N) is 3. The van der Waals surface area contributed by atoms with Crippen molar-refractivity contribution in [2.45, 2.75) is 46.6 Å². The molecule has 0 spiro atoms. The Hall–Kier alpha value is -3.33. The minimum Gasteiger partial charge on any atom is -0.493 e. The number of amides is 1. The number of hydrogen-bond donors (Lipinski definition) is 1. The van der Waals surface area contributed by atoms with E-state index in [1.54, 1.807) is 13.8 Å². The summed E-state index contributed by atoms with van der Waals surface area (Å²) in [6, 6.07) is 9.29. The van der Waals surface area contributed by atoms with Crippen LogP contribution in [0.5, 0.6) is 11.5 Å². The second kappa shape index (κ2) is 10.5. The van der Waals surface area contributed by atoms with Gasteiger partial charge in [-0.3, -0.25) is 9.59 Å². The lowest BCUT2D eigenvalue weighted by molar-refractivity contribution is -0.137. The van der Waals surface area contributed by atoms with Gasteiger partial charge >= 0.3 is 5.97 Å². The molecule has 3 rings (SSSR count). The molecule has 1 aromatic carbocycles. The van der Waals surface area contributed by atoms with Gasteiger partial charge in [-0.15, -0.1) is 10.2 Å². The second-order valence-electron chi connectivity index (χ2n) is 8.19. The average Bonchev–Trinajstić information content (AvgIpc) is 3.29. The lowest BCUT2D eigenvalue weighted by Gasteiger charge is -2.15. The fourth-order valence-electron chi connectivity index (χ4n) is 2.95. The summed E-state index contributed by atoms with van der Waals surface area (Å²) in [6.07, 6.45) is 1.43. The maximum atomic E-state index is 13.0. The maximum Gasteiger partial charge on any atom is 0.313 e. The Balaban J connectivity index is 1.81. The summed E-state index contributed by atoms with van der Waals surface area (Å²) < 4.78 is 10.7. The zero-order chi connectivity index (χ0) is 24.1. The van der Waals surface area contributed by atoms with E-state index in [1.165, 1.54) is 36.3 Å². The number of ether oxygens (including phenoxy) is 2. The standard InChI is InChI=1S/C24H28N4O4S/c1-13(2)16-8-7-9-17(12-16)23-28-27-22(33-23)15(5)26-21(29)19-20(32-24(30)14(3)4)18(31-6)10-11-25-19/h7-15H,1-6H3,(H,26,29)/t15-/m0/s1. The summed E-state index contributed by atoms with van der Waals surface area (Å²) in [5, 5.41) is 12.9. The Morgan fingerprint density at radius 1 is 1.06 bits per heavy atom. The van der Waals surface area contributed by atoms with Gasteiger partial charge in [0.25, 0.3) is 5.91 Å². The van der Waals surface area contributed by atoms with Gasteiger partial charge in [0, 0.05) is 17.8 Å². The zero-order valence-electron chi connectivity index (χ0n) is 19.6. The van der Waals surface area contributed by atoms with E-state index >= 15 is 0 Å². The van der Waals surface area contributed by atoms with Crippen molar-refractivity contribution in [3.63, 3.8) is 0 Å². The van der Waals surface area contributed by atoms with Gasteiger partial charge in [-0.25, -0.2) is 4.98 Å². The van der Waals surface area contributed by atoms with Crippen molar-refractivity contribution >= 4 is 23.2 Å². The van der Waals surface area contributed by atoms with Crippen LogP contribution in [0.15, 0.2) is 36.5 Å². The minimum atomic E-state index is -0.508. The number of hydrogen-bond acceptors (Lipinski definition) is 8. The number of carbonyl (C=O) groups excluding carboxylic acids is 2. The molecule has 3 aromatic rings. The first-order valence-electron chi connectivity index (χ1n) is 10.7. The summed E-state index contributed by atoms with van der Waals surface area (Å²) in [5.74, 6) is -0.720. The van der Waals surface area contributed by atoms with Crippen molar-refractivity contribution in [1.29, 1.82) is 0 Å². The van der Waals surface area contributed by atoms with Crippen LogP contribution in [0, 0.1) is 5.92 Å². The van der Waals surface area contributed by atoms with Crippen molar-refractivity contribution in [1.82, 2.24) is 20.5 Å². The highest BCUT2D eigenvalue weighted by atomic mass is 32.1. The van der Waals surface area contributed by atoms with E-state index in [0.717, 1.165) is 10.6 Å². The van der Waals surface area contributed by atoms with E-state index in [9.17, 15) is 9.59 Å². The number of rotatable bonds is 8. The SMILES string of the molecule is COc1ccnc(C(=O)N[C@@H](C)c2nnc(-c3cccc(C(C)C)c3)s2)c1OC(=O)C(C)C. The predicted molar refractivity (Wildman–Crippen MR) is 127 cm³/mol. The molecule has 0 saturated carbocycles. The molecular formula is C24H28N4O4S. The molecule has 2 aromatic heterocycles. The molecule has 0 unspecified atom stereocenters. The average molecular weight is 469 g/mol. The van der Waals surface area contributed by atoms with Crippen molar-refractivity contribution in [2.75, 3.05) is 7.11 Å². The van der Waals surface area contributed by atoms with Crippen LogP contribution in [0.25, 0.3) is 10.6 Å². The van der Waals surface area contributed by atoms with Gasteiger partial charge < -0.3 is 14.8 Å². The van der Waals surface area contributed by atoms with E-state index in [4.69, 9.17) is 9.47 Å². The molecule has 0 aliphatic rings. The molecule has 0 fully saturated rings. The number of pyridine rings is 1. The van der Waals surface area contributed by atoms with Crippen LogP contribution in [0.3, 0.4) is 0 Å². The van der Waals surface area contributed by atoms with E-state index in [1.807, 2.05) is 19.1 Å². The van der Waals surface area contributed by atoms with Crippen molar-refractivity contribution in [3.05, 3.63) is 52.8 Å². The van der Waals surface area contributed by atoms with Crippen molar-refractivity contribution in [2.24, 2.45) is 5.92 Å². The summed E-state index contributed by atoms with van der Waals surface area (Å²) in [6.45, 7) is 9.50. The molecular weight excluding hydrogens is 440 g/mol. The molecule has 0 aliphatic heterocycles. The monoisotopic (exact) mass is 468 g/mol. The minimum absolute atomic E-state index is 0.00754. The third kappa shape index (κ3) is 5.73. The highest BCUT2D eigenvalue weighted by Crippen LogP contribution is 2.32. The molecule has 2 heterocycles. The van der Waals surface area contributed by atoms with E-state index in [-0.39, 0.29) is 23.1 Å². The van der Waals surface area contributed by atoms with E-state index in [2.05, 4.69) is 46.5 Å². The number of esters is 1. The molecule has 8 nitrogen and oxygen atoms in total. The number of benzene rings is 1. The molecule has 0 radical (unpaired) electrons. The summed E-state index contributed by atoms with van der Waals surface area (Å²) in [5.41, 5.74) is 2.17. The molecule has 1 N–H and O–H groups in total. The summed E-state index contributed by atoms with van der Waals surface area (Å²) in [7, 11) is 1.43. The maximum absolute atomic E-state index is 13.0. The quantitative estimate of drug-likeness (QED) is 0.474. The van der Waals surface area contributed by atoms with Gasteiger partial charge in [-0.1, -0.05) is 57.2 Å². The van der Waals surface area contributed by atoms with E-state index in [0.29, 0.717) is 10.9 Å². The highest BCUT2D eigenvalue weighted by Gasteiger charge is 2.25. The Morgan fingerprint density at radius 3 is 2.48 bits per heavy atom. The molecule has 33 heavy (non-hydrogen) atoms. The largest absolute Gasteiger partial charge is 0.493 e. The van der Waals surface area contributed by atoms with Crippen molar-refractivity contribution in [3.8, 4) is 22.1 Å². The van der Waals surface area contributed by atoms with Crippen LogP contribution < -0.4 is 14.8 Å². The Morgan fingerprint density at radius 2 is 1.82 bits per heavy atom. The number of carbonyl (C=O) groups is 2. The second-order valence-corrected chi connectivity index (χ2v) is 9.20. The van der Waals surface area contributed by atoms with Crippen LogP contribution in [-0.2, 0) is 4.79 Å². The zero-order valence-corrected chi connectivity index (χ0v) is 20.4. The smallest absolute Gasteiger partial charge is 0.313 e. The molecule has 174 valence electrons. The van der Waals surface area contributed by atoms with Crippen LogP contribution in [0.2, 0.25) is 0 Å². The van der Waals surface area contributed by atoms with Gasteiger partial charge in [0.1, 0.15) is 10.0 Å². The highest BCUT2D eigenvalue weighted by molar-refractivity contribution is 7.14. The molecule has 0 saturated heterocycles. The molecule has 1 atom stereocenters. The van der Waals surface area contributed by atoms with E-state index < -0.39 is 17.9 Å². The molecule has 1 amide bonds. The fourth-order valence-corrected chi connectivity index (χ4v) is 3.80. The van der Waals surface area contributed by atoms with Crippen LogP contribution in [0.4, 0.5) is 0 Å². The van der Waals surface area contributed by atoms with Crippen molar-refractivity contribution < 1.29 is 19.1 Å². The first kappa shape index (κ1) is 24.3. The Labute approximate surface area is 197 Å². The third-order valence-electron chi connectivity index (χ3n) is 4.94. The predicted octanol–water partition coefficient (Wildman–Crippen LogP) is 4.78. The van der Waals surface area contributed by atoms with Gasteiger partial charge in [0.2, 0.25) is 5.75 Å². The lowest BCUT2D eigenvalue weighted by Crippen LogP contribution is -2.28. The molecule has 9 heteroatoms. The topological polar surface area (TPSA) is 103 Å². The normalized spacial score (nSPS) is 12.0. The van der Waals surface area contributed by atoms with Crippen LogP contribution in [-0.4, -0.2) is 34.2 Å². The number of aromatic nitrogens is 3. The summed E-state index contributed by atoms with van der Waals surface area (Å²) in [4.78, 5) is 29.3. The Bertz CT molecular complexity index is 1140. The van der Waals surface area contributed by atoms with Gasteiger partial charge in [0.05, 0.1) is 19.1 Å². The van der Waals surface area contributed by atoms with Gasteiger partial charge in [0.15, 0.2) is 11.4 Å². The van der Waals surface area contributed by atoms with Crippen LogP contribution >= 0.6 is 11.3 Å². The fraction of sp³-hybridized carbons (Fsp3) is 0.375. The summed E-state index contributed by atoms with van der Waals surface area (Å²) >= 11 is 1.41. The van der Waals surface area contributed by atoms with Gasteiger partial charge in [-0.05, 0) is 24.5 Å². The number of nitrogens with one attached hydrogen (secondary N) is 1. The van der Waals surface area contributed by atoms with Gasteiger partial charge in [-0.2, -0.15) is 0 Å².